The standard InChI is InChI=1S/C25H28N4O2/c1-28(2)23-16-18(10-13-26-23)17-27-24(30)20-11-14-29(15-12-20)25(31)22-9-5-7-19-6-3-4-8-21(19)22/h3-10,13,16,20H,11-12,14-15,17H2,1-2H3,(H,27,30). The minimum absolute atomic E-state index is 0.0451. The zero-order valence-electron chi connectivity index (χ0n) is 18.0. The lowest BCUT2D eigenvalue weighted by atomic mass is 9.94. The van der Waals surface area contributed by atoms with Gasteiger partial charge in [0.25, 0.3) is 5.91 Å². The molecule has 1 aromatic heterocycles. The van der Waals surface area contributed by atoms with Gasteiger partial charge in [-0.3, -0.25) is 9.59 Å². The number of benzene rings is 2. The lowest BCUT2D eigenvalue weighted by Crippen LogP contribution is -2.43. The van der Waals surface area contributed by atoms with Gasteiger partial charge in [-0.1, -0.05) is 36.4 Å². The van der Waals surface area contributed by atoms with Gasteiger partial charge in [0, 0.05) is 51.4 Å². The summed E-state index contributed by atoms with van der Waals surface area (Å²) < 4.78 is 0. The molecule has 3 aromatic rings. The number of piperidine rings is 1. The molecule has 4 rings (SSSR count). The Morgan fingerprint density at radius 3 is 2.58 bits per heavy atom. The Morgan fingerprint density at radius 1 is 1.06 bits per heavy atom. The number of nitrogens with zero attached hydrogens (tertiary/aromatic N) is 3. The Morgan fingerprint density at radius 2 is 1.81 bits per heavy atom. The first-order valence-electron chi connectivity index (χ1n) is 10.7. The molecule has 1 N–H and O–H groups in total. The van der Waals surface area contributed by atoms with Crippen LogP contribution in [0.5, 0.6) is 0 Å². The van der Waals surface area contributed by atoms with Crippen LogP contribution in [0.25, 0.3) is 10.8 Å². The normalized spacial score (nSPS) is 14.5. The fourth-order valence-electron chi connectivity index (χ4n) is 4.08. The van der Waals surface area contributed by atoms with E-state index in [1.54, 1.807) is 6.20 Å². The number of pyridine rings is 1. The van der Waals surface area contributed by atoms with E-state index in [2.05, 4.69) is 10.3 Å². The largest absolute Gasteiger partial charge is 0.363 e. The molecule has 1 aliphatic heterocycles. The van der Waals surface area contributed by atoms with Crippen LogP contribution in [0.3, 0.4) is 0 Å². The third kappa shape index (κ3) is 4.68. The second-order valence-electron chi connectivity index (χ2n) is 8.23. The Balaban J connectivity index is 1.33. The molecule has 0 atom stereocenters. The zero-order valence-corrected chi connectivity index (χ0v) is 18.0. The maximum Gasteiger partial charge on any atom is 0.254 e. The fourth-order valence-corrected chi connectivity index (χ4v) is 4.08. The van der Waals surface area contributed by atoms with Crippen molar-refractivity contribution in [3.05, 3.63) is 71.9 Å². The topological polar surface area (TPSA) is 65.5 Å². The summed E-state index contributed by atoms with van der Waals surface area (Å²) in [6.45, 7) is 1.68. The van der Waals surface area contributed by atoms with Gasteiger partial charge in [0.2, 0.25) is 5.91 Å². The highest BCUT2D eigenvalue weighted by molar-refractivity contribution is 6.07. The molecule has 0 spiro atoms. The van der Waals surface area contributed by atoms with Gasteiger partial charge in [-0.25, -0.2) is 4.98 Å². The quantitative estimate of drug-likeness (QED) is 0.692. The number of hydrogen-bond acceptors (Lipinski definition) is 4. The summed E-state index contributed by atoms with van der Waals surface area (Å²) in [5.74, 6) is 0.905. The van der Waals surface area contributed by atoms with Gasteiger partial charge < -0.3 is 15.1 Å². The number of nitrogens with one attached hydrogen (secondary N) is 1. The van der Waals surface area contributed by atoms with Crippen LogP contribution in [0.15, 0.2) is 60.8 Å². The monoisotopic (exact) mass is 416 g/mol. The maximum absolute atomic E-state index is 13.1. The molecular formula is C25H28N4O2. The van der Waals surface area contributed by atoms with Crippen molar-refractivity contribution in [2.45, 2.75) is 19.4 Å². The molecule has 0 bridgehead atoms. The molecule has 0 saturated carbocycles. The summed E-state index contributed by atoms with van der Waals surface area (Å²) >= 11 is 0. The third-order valence-electron chi connectivity index (χ3n) is 5.91. The van der Waals surface area contributed by atoms with E-state index in [1.165, 1.54) is 0 Å². The Labute approximate surface area is 182 Å². The van der Waals surface area contributed by atoms with Crippen LogP contribution in [-0.2, 0) is 11.3 Å². The summed E-state index contributed by atoms with van der Waals surface area (Å²) in [5.41, 5.74) is 1.76. The average molecular weight is 417 g/mol. The van der Waals surface area contributed by atoms with Gasteiger partial charge in [-0.2, -0.15) is 0 Å². The van der Waals surface area contributed by atoms with E-state index < -0.39 is 0 Å². The molecule has 0 aliphatic carbocycles. The van der Waals surface area contributed by atoms with E-state index in [9.17, 15) is 9.59 Å². The van der Waals surface area contributed by atoms with Gasteiger partial charge in [-0.05, 0) is 47.4 Å². The lowest BCUT2D eigenvalue weighted by molar-refractivity contribution is -0.126. The van der Waals surface area contributed by atoms with Crippen LogP contribution in [-0.4, -0.2) is 48.9 Å². The van der Waals surface area contributed by atoms with Gasteiger partial charge >= 0.3 is 0 Å². The van der Waals surface area contributed by atoms with Crippen LogP contribution < -0.4 is 10.2 Å². The zero-order chi connectivity index (χ0) is 21.8. The molecule has 1 aliphatic rings. The van der Waals surface area contributed by atoms with Crippen molar-refractivity contribution in [1.82, 2.24) is 15.2 Å². The predicted molar refractivity (Wildman–Crippen MR) is 123 cm³/mol. The number of hydrogen-bond donors (Lipinski definition) is 1. The highest BCUT2D eigenvalue weighted by atomic mass is 16.2. The first-order chi connectivity index (χ1) is 15.0. The number of likely N-dealkylation sites (tertiary alicyclic amines) is 1. The Kier molecular flexibility index (Phi) is 6.16. The van der Waals surface area contributed by atoms with E-state index in [4.69, 9.17) is 0 Å². The summed E-state index contributed by atoms with van der Waals surface area (Å²) in [6.07, 6.45) is 3.12. The fraction of sp³-hybridized carbons (Fsp3) is 0.320. The average Bonchev–Trinajstić information content (AvgIpc) is 2.82. The molecule has 1 saturated heterocycles. The van der Waals surface area contributed by atoms with Crippen LogP contribution in [0.2, 0.25) is 0 Å². The molecule has 0 radical (unpaired) electrons. The smallest absolute Gasteiger partial charge is 0.254 e. The summed E-state index contributed by atoms with van der Waals surface area (Å²) in [5, 5.41) is 5.09. The van der Waals surface area contributed by atoms with Crippen molar-refractivity contribution >= 4 is 28.4 Å². The van der Waals surface area contributed by atoms with Crippen molar-refractivity contribution in [2.75, 3.05) is 32.1 Å². The van der Waals surface area contributed by atoms with E-state index in [0.717, 1.165) is 27.7 Å². The first kappa shape index (κ1) is 20.8. The van der Waals surface area contributed by atoms with Crippen molar-refractivity contribution < 1.29 is 9.59 Å². The van der Waals surface area contributed by atoms with E-state index in [1.807, 2.05) is 78.5 Å². The van der Waals surface area contributed by atoms with Crippen LogP contribution >= 0.6 is 0 Å². The van der Waals surface area contributed by atoms with E-state index in [0.29, 0.717) is 32.5 Å². The van der Waals surface area contributed by atoms with Gasteiger partial charge in [-0.15, -0.1) is 0 Å². The van der Waals surface area contributed by atoms with Gasteiger partial charge in [0.1, 0.15) is 5.82 Å². The van der Waals surface area contributed by atoms with Crippen molar-refractivity contribution in [3.8, 4) is 0 Å². The number of aromatic nitrogens is 1. The molecule has 6 heteroatoms. The SMILES string of the molecule is CN(C)c1cc(CNC(=O)C2CCN(C(=O)c3cccc4ccccc34)CC2)ccn1. The predicted octanol–water partition coefficient (Wildman–Crippen LogP) is 3.47. The molecule has 31 heavy (non-hydrogen) atoms. The van der Waals surface area contributed by atoms with E-state index >= 15 is 0 Å². The molecular weight excluding hydrogens is 388 g/mol. The lowest BCUT2D eigenvalue weighted by Gasteiger charge is -2.31. The minimum Gasteiger partial charge on any atom is -0.363 e. The second-order valence-corrected chi connectivity index (χ2v) is 8.23. The highest BCUT2D eigenvalue weighted by Crippen LogP contribution is 2.24. The molecule has 2 heterocycles. The third-order valence-corrected chi connectivity index (χ3v) is 5.91. The highest BCUT2D eigenvalue weighted by Gasteiger charge is 2.28. The van der Waals surface area contributed by atoms with Crippen LogP contribution in [0.4, 0.5) is 5.82 Å². The summed E-state index contributed by atoms with van der Waals surface area (Å²) in [7, 11) is 3.88. The molecule has 6 nitrogen and oxygen atoms in total. The van der Waals surface area contributed by atoms with E-state index in [-0.39, 0.29) is 17.7 Å². The summed E-state index contributed by atoms with van der Waals surface area (Å²) in [4.78, 5) is 33.9. The van der Waals surface area contributed by atoms with Gasteiger partial charge in [0.15, 0.2) is 0 Å². The number of amides is 2. The Bertz CT molecular complexity index is 1080. The number of carbonyl (C=O) groups excluding carboxylic acids is 2. The van der Waals surface area contributed by atoms with Crippen molar-refractivity contribution in [3.63, 3.8) is 0 Å². The minimum atomic E-state index is -0.0632. The van der Waals surface area contributed by atoms with Crippen LogP contribution in [0, 0.1) is 5.92 Å². The number of fused-ring (bicyclic) bond motifs is 1. The van der Waals surface area contributed by atoms with Gasteiger partial charge in [0.05, 0.1) is 0 Å². The molecule has 0 unspecified atom stereocenters. The molecule has 2 aromatic carbocycles. The number of rotatable bonds is 5. The van der Waals surface area contributed by atoms with Crippen LogP contribution in [0.1, 0.15) is 28.8 Å². The van der Waals surface area contributed by atoms with Crippen molar-refractivity contribution in [1.29, 1.82) is 0 Å². The maximum atomic E-state index is 13.1. The van der Waals surface area contributed by atoms with Crippen molar-refractivity contribution in [2.24, 2.45) is 5.92 Å². The first-order valence-corrected chi connectivity index (χ1v) is 10.7. The second kappa shape index (κ2) is 9.16. The molecule has 160 valence electrons. The molecule has 1 fully saturated rings. The Hall–Kier alpha value is -3.41. The number of anilines is 1. The number of carbonyl (C=O) groups is 2. The summed E-state index contributed by atoms with van der Waals surface area (Å²) in [6, 6.07) is 17.7. The molecule has 2 amide bonds.